The summed E-state index contributed by atoms with van der Waals surface area (Å²) in [6.45, 7) is 0. The van der Waals surface area contributed by atoms with Gasteiger partial charge in [-0.3, -0.25) is 0 Å². The van der Waals surface area contributed by atoms with Crippen molar-refractivity contribution in [1.82, 2.24) is 0 Å². The smallest absolute Gasteiger partial charge is 0.238 e. The standard InChI is InChI=1S/C4H8PS2.CH3/c5-3-4-6-1-2-7-4;/h1-3,5H2;1H3/q+1;-1. The summed E-state index contributed by atoms with van der Waals surface area (Å²) in [4.78, 5) is 0. The van der Waals surface area contributed by atoms with Crippen molar-refractivity contribution in [2.24, 2.45) is 0 Å². The molecule has 0 aromatic rings. The van der Waals surface area contributed by atoms with Crippen molar-refractivity contribution in [1.29, 1.82) is 0 Å². The van der Waals surface area contributed by atoms with Crippen LogP contribution in [-0.2, 0) is 11.4 Å². The van der Waals surface area contributed by atoms with E-state index in [0.717, 1.165) is 0 Å². The molecule has 1 heterocycles. The van der Waals surface area contributed by atoms with E-state index in [1.54, 1.807) is 4.20 Å². The summed E-state index contributed by atoms with van der Waals surface area (Å²) in [7, 11) is 2.74. The van der Waals surface area contributed by atoms with Crippen molar-refractivity contribution in [3.8, 4) is 0 Å². The molecule has 48 valence electrons. The predicted octanol–water partition coefficient (Wildman–Crippen LogP) is 1.27. The molecular weight excluding hydrogens is 155 g/mol. The zero-order valence-electron chi connectivity index (χ0n) is 5.02. The van der Waals surface area contributed by atoms with Gasteiger partial charge in [0, 0.05) is 6.16 Å². The van der Waals surface area contributed by atoms with Gasteiger partial charge < -0.3 is 7.43 Å². The normalized spacial score (nSPS) is 17.4. The summed E-state index contributed by atoms with van der Waals surface area (Å²) < 4.78 is 1.59. The summed E-state index contributed by atoms with van der Waals surface area (Å²) in [5.41, 5.74) is 0. The van der Waals surface area contributed by atoms with E-state index in [-0.39, 0.29) is 7.43 Å². The average Bonchev–Trinajstić information content (AvgIpc) is 2.14. The minimum atomic E-state index is 0. The van der Waals surface area contributed by atoms with E-state index in [2.05, 4.69) is 9.24 Å². The van der Waals surface area contributed by atoms with Gasteiger partial charge in [-0.05, 0) is 0 Å². The fourth-order valence-electron chi connectivity index (χ4n) is 0.471. The van der Waals surface area contributed by atoms with Crippen LogP contribution in [0.2, 0.25) is 0 Å². The molecule has 0 saturated heterocycles. The van der Waals surface area contributed by atoms with Gasteiger partial charge in [-0.1, -0.05) is 11.8 Å². The topological polar surface area (TPSA) is 0 Å². The van der Waals surface area contributed by atoms with E-state index in [4.69, 9.17) is 0 Å². The lowest BCUT2D eigenvalue weighted by molar-refractivity contribution is 1.58. The molecule has 8 heavy (non-hydrogen) atoms. The molecule has 3 heteroatoms. The molecule has 0 aromatic heterocycles. The zero-order valence-corrected chi connectivity index (χ0v) is 7.80. The summed E-state index contributed by atoms with van der Waals surface area (Å²) in [5.74, 6) is 2.66. The van der Waals surface area contributed by atoms with E-state index in [0.29, 0.717) is 0 Å². The lowest BCUT2D eigenvalue weighted by Gasteiger charge is -1.76. The first-order chi connectivity index (χ1) is 3.43. The first-order valence-electron chi connectivity index (χ1n) is 2.25. The van der Waals surface area contributed by atoms with Crippen molar-refractivity contribution in [3.05, 3.63) is 7.43 Å². The highest BCUT2D eigenvalue weighted by Gasteiger charge is 2.15. The molecule has 0 aliphatic carbocycles. The molecule has 0 nitrogen and oxygen atoms in total. The van der Waals surface area contributed by atoms with Crippen LogP contribution in [0.15, 0.2) is 0 Å². The van der Waals surface area contributed by atoms with E-state index in [1.807, 2.05) is 23.1 Å². The van der Waals surface area contributed by atoms with Gasteiger partial charge in [0.2, 0.25) is 4.20 Å². The Labute approximate surface area is 62.0 Å². The van der Waals surface area contributed by atoms with Crippen LogP contribution in [0.3, 0.4) is 0 Å². The molecule has 0 radical (unpaired) electrons. The maximum absolute atomic E-state index is 2.74. The molecule has 0 spiro atoms. The van der Waals surface area contributed by atoms with Crippen LogP contribution in [0, 0.1) is 7.43 Å². The third kappa shape index (κ3) is 2.43. The van der Waals surface area contributed by atoms with Crippen LogP contribution in [0.25, 0.3) is 0 Å². The fourth-order valence-corrected chi connectivity index (χ4v) is 3.37. The molecule has 1 rings (SSSR count). The fraction of sp³-hybridized carbons (Fsp3) is 0.600. The molecule has 0 N–H and O–H groups in total. The van der Waals surface area contributed by atoms with Crippen molar-refractivity contribution in [2.45, 2.75) is 0 Å². The zero-order chi connectivity index (χ0) is 5.11. The van der Waals surface area contributed by atoms with Gasteiger partial charge in [0.05, 0.1) is 5.75 Å². The average molecular weight is 166 g/mol. The van der Waals surface area contributed by atoms with Crippen molar-refractivity contribution >= 4 is 36.5 Å². The molecule has 0 fully saturated rings. The van der Waals surface area contributed by atoms with E-state index in [1.165, 1.54) is 17.7 Å². The predicted molar refractivity (Wildman–Crippen MR) is 50.7 cm³/mol. The van der Waals surface area contributed by atoms with E-state index in [9.17, 15) is 0 Å². The Bertz CT molecular complexity index is 90.4. The van der Waals surface area contributed by atoms with Gasteiger partial charge in [-0.2, -0.15) is 0 Å². The molecule has 0 amide bonds. The summed E-state index contributed by atoms with van der Waals surface area (Å²) in [5, 5.41) is 0. The monoisotopic (exact) mass is 166 g/mol. The summed E-state index contributed by atoms with van der Waals surface area (Å²) in [6.07, 6.45) is 1.18. The minimum absolute atomic E-state index is 0. The van der Waals surface area contributed by atoms with Crippen molar-refractivity contribution < 1.29 is 0 Å². The van der Waals surface area contributed by atoms with E-state index < -0.39 is 0 Å². The van der Waals surface area contributed by atoms with Gasteiger partial charge in [-0.25, -0.2) is 0 Å². The molecule has 1 aliphatic rings. The highest BCUT2D eigenvalue weighted by molar-refractivity contribution is 8.25. The Morgan fingerprint density at radius 3 is 2.75 bits per heavy atom. The molecule has 1 unspecified atom stereocenters. The van der Waals surface area contributed by atoms with Gasteiger partial charge in [0.15, 0.2) is 17.1 Å². The maximum atomic E-state index is 2.74. The summed E-state index contributed by atoms with van der Waals surface area (Å²) in [6, 6.07) is 0. The third-order valence-corrected chi connectivity index (χ3v) is 4.54. The van der Waals surface area contributed by atoms with E-state index >= 15 is 0 Å². The lowest BCUT2D eigenvalue weighted by Crippen LogP contribution is -1.86. The van der Waals surface area contributed by atoms with Gasteiger partial charge >= 0.3 is 0 Å². The Morgan fingerprint density at radius 1 is 1.75 bits per heavy atom. The highest BCUT2D eigenvalue weighted by atomic mass is 32.2. The summed E-state index contributed by atoms with van der Waals surface area (Å²) >= 11 is 4.00. The maximum Gasteiger partial charge on any atom is 0.238 e. The second-order valence-corrected chi connectivity index (χ2v) is 4.32. The molecular formula is C5H11PS2. The van der Waals surface area contributed by atoms with Crippen molar-refractivity contribution in [2.75, 3.05) is 17.7 Å². The van der Waals surface area contributed by atoms with Gasteiger partial charge in [-0.15, -0.1) is 9.24 Å². The second kappa shape index (κ2) is 4.72. The number of hydrogen-bond donors (Lipinski definition) is 0. The molecule has 1 aliphatic heterocycles. The number of thioether (sulfide) groups is 1. The first kappa shape index (κ1) is 8.87. The van der Waals surface area contributed by atoms with Gasteiger partial charge in [0.1, 0.15) is 0 Å². The third-order valence-electron chi connectivity index (χ3n) is 0.776. The molecule has 0 bridgehead atoms. The first-order valence-corrected chi connectivity index (χ1v) is 5.04. The van der Waals surface area contributed by atoms with Crippen LogP contribution in [0.1, 0.15) is 0 Å². The van der Waals surface area contributed by atoms with Crippen LogP contribution in [0.4, 0.5) is 0 Å². The SMILES string of the molecule is PCC1=[S+]CCS1.[CH3-]. The Balaban J connectivity index is 0.000000490. The van der Waals surface area contributed by atoms with Crippen LogP contribution in [-0.4, -0.2) is 21.9 Å². The van der Waals surface area contributed by atoms with Crippen LogP contribution < -0.4 is 0 Å². The Hall–Kier alpha value is 0.870. The highest BCUT2D eigenvalue weighted by Crippen LogP contribution is 2.10. The minimum Gasteiger partial charge on any atom is -0.358 e. The molecule has 1 atom stereocenters. The quantitative estimate of drug-likeness (QED) is 0.245. The second-order valence-electron chi connectivity index (χ2n) is 1.27. The van der Waals surface area contributed by atoms with Crippen molar-refractivity contribution in [3.63, 3.8) is 0 Å². The Kier molecular flexibility index (Phi) is 5.23. The number of rotatable bonds is 1. The van der Waals surface area contributed by atoms with Crippen LogP contribution >= 0.6 is 21.0 Å². The largest absolute Gasteiger partial charge is 0.358 e. The molecule has 0 saturated carbocycles. The Morgan fingerprint density at radius 2 is 2.50 bits per heavy atom. The molecule has 0 aromatic carbocycles. The van der Waals surface area contributed by atoms with Gasteiger partial charge in [0.25, 0.3) is 0 Å². The lowest BCUT2D eigenvalue weighted by atomic mass is 10.9. The van der Waals surface area contributed by atoms with Crippen LogP contribution in [0.5, 0.6) is 0 Å². The number of hydrogen-bond acceptors (Lipinski definition) is 1.